The number of nitrogens with zero attached hydrogens (tertiary/aromatic N) is 2. The van der Waals surface area contributed by atoms with Gasteiger partial charge in [-0.25, -0.2) is 0 Å². The van der Waals surface area contributed by atoms with E-state index in [1.807, 2.05) is 0 Å². The molecule has 0 spiro atoms. The lowest BCUT2D eigenvalue weighted by Crippen LogP contribution is -2.49. The molecule has 2 fully saturated rings. The third kappa shape index (κ3) is 6.04. The van der Waals surface area contributed by atoms with Crippen molar-refractivity contribution in [2.75, 3.05) is 25.0 Å². The highest BCUT2D eigenvalue weighted by Crippen LogP contribution is 2.32. The Labute approximate surface area is 175 Å². The summed E-state index contributed by atoms with van der Waals surface area (Å²) in [7, 11) is 0. The van der Waals surface area contributed by atoms with Gasteiger partial charge in [0.05, 0.1) is 4.92 Å². The van der Waals surface area contributed by atoms with Crippen LogP contribution in [0.1, 0.15) is 48.9 Å². The third-order valence-electron chi connectivity index (χ3n) is 5.17. The highest BCUT2D eigenvalue weighted by Gasteiger charge is 2.30. The highest BCUT2D eigenvalue weighted by atomic mass is 35.5. The van der Waals surface area contributed by atoms with Crippen molar-refractivity contribution in [1.82, 2.24) is 10.2 Å². The zero-order valence-electron chi connectivity index (χ0n) is 16.3. The molecule has 1 aliphatic carbocycles. The molecule has 160 valence electrons. The second-order valence-electron chi connectivity index (χ2n) is 7.40. The summed E-state index contributed by atoms with van der Waals surface area (Å²) in [4.78, 5) is 37.5. The van der Waals surface area contributed by atoms with E-state index in [1.165, 1.54) is 6.07 Å². The van der Waals surface area contributed by atoms with Crippen molar-refractivity contribution < 1.29 is 14.5 Å². The van der Waals surface area contributed by atoms with E-state index in [4.69, 9.17) is 5.73 Å². The van der Waals surface area contributed by atoms with Gasteiger partial charge in [0.2, 0.25) is 5.91 Å². The van der Waals surface area contributed by atoms with Crippen LogP contribution in [0.4, 0.5) is 11.4 Å². The predicted molar refractivity (Wildman–Crippen MR) is 112 cm³/mol. The van der Waals surface area contributed by atoms with E-state index in [9.17, 15) is 19.7 Å². The Morgan fingerprint density at radius 2 is 2.00 bits per heavy atom. The van der Waals surface area contributed by atoms with Crippen LogP contribution in [0.5, 0.6) is 0 Å². The number of carbonyl (C=O) groups is 2. The second kappa shape index (κ2) is 10.4. The van der Waals surface area contributed by atoms with Gasteiger partial charge in [-0.05, 0) is 44.2 Å². The Hall–Kier alpha value is -2.39. The Balaban J connectivity index is 0.00000300. The molecule has 4 N–H and O–H groups in total. The van der Waals surface area contributed by atoms with E-state index in [0.717, 1.165) is 32.1 Å². The number of amides is 2. The van der Waals surface area contributed by atoms with Crippen LogP contribution in [-0.2, 0) is 4.79 Å². The molecule has 29 heavy (non-hydrogen) atoms. The first-order valence-corrected chi connectivity index (χ1v) is 9.82. The zero-order valence-corrected chi connectivity index (χ0v) is 17.1. The Morgan fingerprint density at radius 3 is 2.66 bits per heavy atom. The number of benzene rings is 1. The number of hydrogen-bond donors (Lipinski definition) is 3. The van der Waals surface area contributed by atoms with Gasteiger partial charge in [0.25, 0.3) is 11.6 Å². The van der Waals surface area contributed by atoms with E-state index in [1.54, 1.807) is 17.0 Å². The first-order valence-electron chi connectivity index (χ1n) is 9.82. The first-order chi connectivity index (χ1) is 13.5. The van der Waals surface area contributed by atoms with Gasteiger partial charge in [0, 0.05) is 49.8 Å². The number of anilines is 1. The molecule has 1 heterocycles. The minimum Gasteiger partial charge on any atom is -0.377 e. The van der Waals surface area contributed by atoms with Gasteiger partial charge in [-0.2, -0.15) is 0 Å². The minimum absolute atomic E-state index is 0. The maximum Gasteiger partial charge on any atom is 0.293 e. The fourth-order valence-corrected chi connectivity index (χ4v) is 3.48. The highest BCUT2D eigenvalue weighted by molar-refractivity contribution is 5.96. The average molecular weight is 426 g/mol. The van der Waals surface area contributed by atoms with Crippen molar-refractivity contribution >= 4 is 35.6 Å². The van der Waals surface area contributed by atoms with Crippen LogP contribution in [-0.4, -0.2) is 53.4 Å². The molecule has 2 amide bonds. The summed E-state index contributed by atoms with van der Waals surface area (Å²) >= 11 is 0. The van der Waals surface area contributed by atoms with Crippen molar-refractivity contribution in [3.8, 4) is 0 Å². The molecule has 1 saturated carbocycles. The summed E-state index contributed by atoms with van der Waals surface area (Å²) in [6, 6.07) is 4.77. The monoisotopic (exact) mass is 425 g/mol. The molecule has 1 unspecified atom stereocenters. The van der Waals surface area contributed by atoms with E-state index in [2.05, 4.69) is 10.6 Å². The van der Waals surface area contributed by atoms with Crippen molar-refractivity contribution in [3.63, 3.8) is 0 Å². The van der Waals surface area contributed by atoms with Crippen molar-refractivity contribution in [2.45, 2.75) is 50.6 Å². The van der Waals surface area contributed by atoms with Crippen LogP contribution in [0.15, 0.2) is 18.2 Å². The Kier molecular flexibility index (Phi) is 8.21. The molecule has 10 heteroatoms. The number of nitro benzene ring substituents is 1. The average Bonchev–Trinajstić information content (AvgIpc) is 3.50. The number of likely N-dealkylation sites (tertiary alicyclic amines) is 1. The van der Waals surface area contributed by atoms with Crippen LogP contribution in [0.3, 0.4) is 0 Å². The maximum absolute atomic E-state index is 13.1. The number of halogens is 1. The van der Waals surface area contributed by atoms with Crippen LogP contribution in [0.2, 0.25) is 0 Å². The lowest BCUT2D eigenvalue weighted by molar-refractivity contribution is -0.384. The third-order valence-corrected chi connectivity index (χ3v) is 5.17. The molecule has 1 aromatic carbocycles. The predicted octanol–water partition coefficient (Wildman–Crippen LogP) is 2.05. The van der Waals surface area contributed by atoms with Gasteiger partial charge in [-0.15, -0.1) is 12.4 Å². The molecular weight excluding hydrogens is 398 g/mol. The van der Waals surface area contributed by atoms with Crippen molar-refractivity contribution in [1.29, 1.82) is 0 Å². The SMILES string of the molecule is Cl.NCCC(=O)NCC1CCCCN1C(=O)c1ccc(NC2CC2)c([N+](=O)[O-])c1. The smallest absolute Gasteiger partial charge is 0.293 e. The standard InChI is InChI=1S/C19H27N5O4.ClH/c20-9-8-18(25)21-12-15-3-1-2-10-23(15)19(26)13-4-7-16(22-14-5-6-14)17(11-13)24(27)28;/h4,7,11,14-15,22H,1-3,5-6,8-10,12,20H2,(H,21,25);1H. The summed E-state index contributed by atoms with van der Waals surface area (Å²) in [6.45, 7) is 1.23. The minimum atomic E-state index is -0.456. The van der Waals surface area contributed by atoms with E-state index >= 15 is 0 Å². The van der Waals surface area contributed by atoms with Gasteiger partial charge in [-0.1, -0.05) is 0 Å². The van der Waals surface area contributed by atoms with Crippen LogP contribution in [0, 0.1) is 10.1 Å². The normalized spacial score (nSPS) is 18.5. The molecule has 1 atom stereocenters. The number of rotatable bonds is 8. The molecule has 1 saturated heterocycles. The molecule has 0 radical (unpaired) electrons. The Morgan fingerprint density at radius 1 is 1.24 bits per heavy atom. The number of hydrogen-bond acceptors (Lipinski definition) is 6. The number of nitrogens with one attached hydrogen (secondary N) is 2. The van der Waals surface area contributed by atoms with Crippen molar-refractivity contribution in [2.24, 2.45) is 5.73 Å². The second-order valence-corrected chi connectivity index (χ2v) is 7.40. The lowest BCUT2D eigenvalue weighted by atomic mass is 10.00. The van der Waals surface area contributed by atoms with E-state index in [0.29, 0.717) is 24.3 Å². The fraction of sp³-hybridized carbons (Fsp3) is 0.579. The number of carbonyl (C=O) groups excluding carboxylic acids is 2. The fourth-order valence-electron chi connectivity index (χ4n) is 3.48. The topological polar surface area (TPSA) is 131 Å². The van der Waals surface area contributed by atoms with Crippen LogP contribution >= 0.6 is 12.4 Å². The summed E-state index contributed by atoms with van der Waals surface area (Å²) in [5, 5.41) is 17.4. The molecule has 2 aliphatic rings. The Bertz CT molecular complexity index is 756. The van der Waals surface area contributed by atoms with Gasteiger partial charge in [0.15, 0.2) is 0 Å². The molecule has 1 aliphatic heterocycles. The molecule has 3 rings (SSSR count). The zero-order chi connectivity index (χ0) is 20.1. The van der Waals surface area contributed by atoms with Crippen molar-refractivity contribution in [3.05, 3.63) is 33.9 Å². The largest absolute Gasteiger partial charge is 0.377 e. The van der Waals surface area contributed by atoms with E-state index < -0.39 is 4.92 Å². The molecule has 9 nitrogen and oxygen atoms in total. The lowest BCUT2D eigenvalue weighted by Gasteiger charge is -2.36. The quantitative estimate of drug-likeness (QED) is 0.431. The number of nitro groups is 1. The molecule has 1 aromatic rings. The maximum atomic E-state index is 13.1. The van der Waals surface area contributed by atoms with Gasteiger partial charge in [-0.3, -0.25) is 19.7 Å². The summed E-state index contributed by atoms with van der Waals surface area (Å²) < 4.78 is 0. The summed E-state index contributed by atoms with van der Waals surface area (Å²) in [5.41, 5.74) is 6.06. The molecule has 0 bridgehead atoms. The van der Waals surface area contributed by atoms with Gasteiger partial charge >= 0.3 is 0 Å². The van der Waals surface area contributed by atoms with Crippen LogP contribution < -0.4 is 16.4 Å². The van der Waals surface area contributed by atoms with E-state index in [-0.39, 0.29) is 55.0 Å². The molecular formula is C19H28ClN5O4. The summed E-state index contributed by atoms with van der Waals surface area (Å²) in [6.07, 6.45) is 4.90. The van der Waals surface area contributed by atoms with Crippen LogP contribution in [0.25, 0.3) is 0 Å². The number of nitrogens with two attached hydrogens (primary N) is 1. The first kappa shape index (κ1) is 22.9. The van der Waals surface area contributed by atoms with Gasteiger partial charge < -0.3 is 21.3 Å². The van der Waals surface area contributed by atoms with Gasteiger partial charge in [0.1, 0.15) is 5.69 Å². The molecule has 0 aromatic heterocycles. The summed E-state index contributed by atoms with van der Waals surface area (Å²) in [5.74, 6) is -0.370. The number of piperidine rings is 1.